The molecule has 1 aliphatic rings. The van der Waals surface area contributed by atoms with Crippen molar-refractivity contribution in [3.05, 3.63) is 63.5 Å². The lowest BCUT2D eigenvalue weighted by atomic mass is 10.1. The highest BCUT2D eigenvalue weighted by Gasteiger charge is 2.20. The van der Waals surface area contributed by atoms with E-state index in [0.717, 1.165) is 5.56 Å². The predicted octanol–water partition coefficient (Wildman–Crippen LogP) is 2.92. The number of amides is 1. The maximum atomic E-state index is 13.9. The molecular weight excluding hydrogens is 329 g/mol. The molecule has 0 bridgehead atoms. The molecule has 0 fully saturated rings. The van der Waals surface area contributed by atoms with E-state index in [1.165, 1.54) is 18.2 Å². The zero-order valence-electron chi connectivity index (χ0n) is 13.4. The number of carbonyl (C=O) groups excluding carboxylic acids is 1. The van der Waals surface area contributed by atoms with E-state index >= 15 is 0 Å². The first-order chi connectivity index (χ1) is 12.0. The Hall–Kier alpha value is -3.00. The van der Waals surface area contributed by atoms with Gasteiger partial charge < -0.3 is 15.4 Å². The summed E-state index contributed by atoms with van der Waals surface area (Å²) in [5.74, 6) is -0.271. The third-order valence-electron chi connectivity index (χ3n) is 4.01. The van der Waals surface area contributed by atoms with Crippen molar-refractivity contribution in [3.8, 4) is 5.75 Å². The second-order valence-electron chi connectivity index (χ2n) is 5.69. The molecule has 25 heavy (non-hydrogen) atoms. The number of nitro groups is 1. The molecule has 0 unspecified atom stereocenters. The number of halogens is 1. The molecule has 0 aliphatic carbocycles. The van der Waals surface area contributed by atoms with Gasteiger partial charge in [-0.1, -0.05) is 12.1 Å². The summed E-state index contributed by atoms with van der Waals surface area (Å²) in [5, 5.41) is 16.8. The molecule has 2 aromatic carbocycles. The van der Waals surface area contributed by atoms with Gasteiger partial charge in [-0.3, -0.25) is 14.9 Å². The standard InChI is InChI=1S/C17H16FN3O4/c1-10(11-5-6-16-14(7-11)20-17(22)9-25-16)19-8-12-13(18)3-2-4-15(12)21(23)24/h2-7,10,19H,8-9H2,1H3,(H,20,22)/t10-/m0/s1. The summed E-state index contributed by atoms with van der Waals surface area (Å²) >= 11 is 0. The van der Waals surface area contributed by atoms with E-state index in [1.54, 1.807) is 12.1 Å². The van der Waals surface area contributed by atoms with Crippen LogP contribution in [-0.2, 0) is 11.3 Å². The van der Waals surface area contributed by atoms with Crippen molar-refractivity contribution in [2.75, 3.05) is 11.9 Å². The van der Waals surface area contributed by atoms with Crippen molar-refractivity contribution < 1.29 is 18.8 Å². The van der Waals surface area contributed by atoms with Gasteiger partial charge >= 0.3 is 0 Å². The summed E-state index contributed by atoms with van der Waals surface area (Å²) in [6.07, 6.45) is 0. The molecule has 2 aromatic rings. The summed E-state index contributed by atoms with van der Waals surface area (Å²) in [5.41, 5.74) is 1.16. The molecule has 2 N–H and O–H groups in total. The zero-order chi connectivity index (χ0) is 18.0. The molecule has 0 saturated carbocycles. The number of anilines is 1. The number of hydrogen-bond donors (Lipinski definition) is 2. The van der Waals surface area contributed by atoms with Crippen LogP contribution >= 0.6 is 0 Å². The second-order valence-corrected chi connectivity index (χ2v) is 5.69. The number of carbonyl (C=O) groups is 1. The van der Waals surface area contributed by atoms with Crippen LogP contribution in [0.3, 0.4) is 0 Å². The van der Waals surface area contributed by atoms with Crippen molar-refractivity contribution in [2.45, 2.75) is 19.5 Å². The molecule has 0 aromatic heterocycles. The predicted molar refractivity (Wildman–Crippen MR) is 88.9 cm³/mol. The second kappa shape index (κ2) is 6.86. The van der Waals surface area contributed by atoms with Gasteiger partial charge in [0.05, 0.1) is 16.2 Å². The first kappa shape index (κ1) is 16.8. The quantitative estimate of drug-likeness (QED) is 0.642. The Kier molecular flexibility index (Phi) is 4.62. The van der Waals surface area contributed by atoms with E-state index in [4.69, 9.17) is 4.74 Å². The number of rotatable bonds is 5. The van der Waals surface area contributed by atoms with Gasteiger partial charge in [0, 0.05) is 18.7 Å². The van der Waals surface area contributed by atoms with Gasteiger partial charge in [-0.2, -0.15) is 0 Å². The van der Waals surface area contributed by atoms with Crippen LogP contribution in [0.2, 0.25) is 0 Å². The molecule has 8 heteroatoms. The van der Waals surface area contributed by atoms with Gasteiger partial charge in [-0.25, -0.2) is 4.39 Å². The van der Waals surface area contributed by atoms with Crippen LogP contribution in [0.1, 0.15) is 24.1 Å². The number of nitrogens with zero attached hydrogens (tertiary/aromatic N) is 1. The number of ether oxygens (including phenoxy) is 1. The largest absolute Gasteiger partial charge is 0.482 e. The monoisotopic (exact) mass is 345 g/mol. The first-order valence-corrected chi connectivity index (χ1v) is 7.67. The molecule has 1 aliphatic heterocycles. The van der Waals surface area contributed by atoms with Crippen molar-refractivity contribution in [1.29, 1.82) is 0 Å². The fourth-order valence-electron chi connectivity index (χ4n) is 2.64. The maximum absolute atomic E-state index is 13.9. The van der Waals surface area contributed by atoms with Crippen LogP contribution in [0, 0.1) is 15.9 Å². The fourth-order valence-corrected chi connectivity index (χ4v) is 2.64. The number of hydrogen-bond acceptors (Lipinski definition) is 5. The number of fused-ring (bicyclic) bond motifs is 1. The Labute approximate surface area is 143 Å². The van der Waals surface area contributed by atoms with Crippen LogP contribution in [0.5, 0.6) is 5.75 Å². The highest BCUT2D eigenvalue weighted by Crippen LogP contribution is 2.31. The first-order valence-electron chi connectivity index (χ1n) is 7.67. The highest BCUT2D eigenvalue weighted by molar-refractivity contribution is 5.95. The van der Waals surface area contributed by atoms with Crippen molar-refractivity contribution in [3.63, 3.8) is 0 Å². The Balaban J connectivity index is 1.76. The molecule has 7 nitrogen and oxygen atoms in total. The van der Waals surface area contributed by atoms with E-state index in [9.17, 15) is 19.3 Å². The van der Waals surface area contributed by atoms with Crippen molar-refractivity contribution in [1.82, 2.24) is 5.32 Å². The van der Waals surface area contributed by atoms with Crippen LogP contribution in [0.25, 0.3) is 0 Å². The average Bonchev–Trinajstić information content (AvgIpc) is 2.59. The third kappa shape index (κ3) is 3.58. The molecule has 1 amide bonds. The van der Waals surface area contributed by atoms with Gasteiger partial charge in [0.15, 0.2) is 6.61 Å². The SMILES string of the molecule is C[C@H](NCc1c(F)cccc1[N+](=O)[O-])c1ccc2c(c1)NC(=O)CO2. The zero-order valence-corrected chi connectivity index (χ0v) is 13.4. The molecule has 0 radical (unpaired) electrons. The topological polar surface area (TPSA) is 93.5 Å². The van der Waals surface area contributed by atoms with E-state index in [1.807, 2.05) is 13.0 Å². The van der Waals surface area contributed by atoms with E-state index in [0.29, 0.717) is 11.4 Å². The fraction of sp³-hybridized carbons (Fsp3) is 0.235. The molecular formula is C17H16FN3O4. The van der Waals surface area contributed by atoms with Crippen LogP contribution in [0.4, 0.5) is 15.8 Å². The third-order valence-corrected chi connectivity index (χ3v) is 4.01. The lowest BCUT2D eigenvalue weighted by Crippen LogP contribution is -2.26. The molecule has 1 heterocycles. The lowest BCUT2D eigenvalue weighted by Gasteiger charge is -2.21. The van der Waals surface area contributed by atoms with Crippen LogP contribution < -0.4 is 15.4 Å². The van der Waals surface area contributed by atoms with Gasteiger partial charge in [0.1, 0.15) is 11.6 Å². The molecule has 1 atom stereocenters. The lowest BCUT2D eigenvalue weighted by molar-refractivity contribution is -0.385. The van der Waals surface area contributed by atoms with Gasteiger partial charge in [0.25, 0.3) is 11.6 Å². The Morgan fingerprint density at radius 3 is 2.96 bits per heavy atom. The van der Waals surface area contributed by atoms with Crippen LogP contribution in [-0.4, -0.2) is 17.4 Å². The number of nitro benzene ring substituents is 1. The van der Waals surface area contributed by atoms with E-state index in [2.05, 4.69) is 10.6 Å². The summed E-state index contributed by atoms with van der Waals surface area (Å²) < 4.78 is 19.2. The minimum atomic E-state index is -0.625. The van der Waals surface area contributed by atoms with Crippen LogP contribution in [0.15, 0.2) is 36.4 Å². The Morgan fingerprint density at radius 1 is 1.40 bits per heavy atom. The smallest absolute Gasteiger partial charge is 0.276 e. The number of benzene rings is 2. The van der Waals surface area contributed by atoms with E-state index in [-0.39, 0.29) is 36.4 Å². The Bertz CT molecular complexity index is 841. The summed E-state index contributed by atoms with van der Waals surface area (Å²) in [6, 6.07) is 8.89. The Morgan fingerprint density at radius 2 is 2.20 bits per heavy atom. The average molecular weight is 345 g/mol. The maximum Gasteiger partial charge on any atom is 0.276 e. The summed E-state index contributed by atoms with van der Waals surface area (Å²) in [7, 11) is 0. The van der Waals surface area contributed by atoms with Crippen molar-refractivity contribution in [2.24, 2.45) is 0 Å². The van der Waals surface area contributed by atoms with Gasteiger partial charge in [0.2, 0.25) is 0 Å². The normalized spacial score (nSPS) is 14.2. The minimum Gasteiger partial charge on any atom is -0.482 e. The molecule has 0 spiro atoms. The molecule has 0 saturated heterocycles. The molecule has 130 valence electrons. The number of nitrogens with one attached hydrogen (secondary N) is 2. The van der Waals surface area contributed by atoms with Crippen molar-refractivity contribution >= 4 is 17.3 Å². The summed E-state index contributed by atoms with van der Waals surface area (Å²) in [4.78, 5) is 21.8. The minimum absolute atomic E-state index is 0.00406. The molecule has 3 rings (SSSR count). The summed E-state index contributed by atoms with van der Waals surface area (Å²) in [6.45, 7) is 1.83. The van der Waals surface area contributed by atoms with Gasteiger partial charge in [-0.15, -0.1) is 0 Å². The van der Waals surface area contributed by atoms with E-state index < -0.39 is 10.7 Å². The highest BCUT2D eigenvalue weighted by atomic mass is 19.1. The van der Waals surface area contributed by atoms with Gasteiger partial charge in [-0.05, 0) is 30.7 Å².